The highest BCUT2D eigenvalue weighted by molar-refractivity contribution is 5.69. The number of benzene rings is 2. The maximum Gasteiger partial charge on any atom is 0.306 e. The summed E-state index contributed by atoms with van der Waals surface area (Å²) in [5.41, 5.74) is 5.96. The lowest BCUT2D eigenvalue weighted by Gasteiger charge is -2.50. The number of ether oxygens (including phenoxy) is 1. The van der Waals surface area contributed by atoms with Crippen molar-refractivity contribution in [3.8, 4) is 11.5 Å². The van der Waals surface area contributed by atoms with Crippen LogP contribution in [0, 0.1) is 40.4 Å². The number of aliphatic hydroxyl groups excluding tert-OH is 1. The van der Waals surface area contributed by atoms with Crippen LogP contribution < -0.4 is 0 Å². The quantitative estimate of drug-likeness (QED) is 0.231. The van der Waals surface area contributed by atoms with Crippen LogP contribution in [0.3, 0.4) is 0 Å². The van der Waals surface area contributed by atoms with Gasteiger partial charge in [0.1, 0.15) is 17.6 Å². The molecule has 7 aliphatic rings. The van der Waals surface area contributed by atoms with Gasteiger partial charge in [0.05, 0.1) is 6.10 Å². The van der Waals surface area contributed by atoms with Crippen LogP contribution in [0.5, 0.6) is 11.5 Å². The van der Waals surface area contributed by atoms with E-state index >= 15 is 0 Å². The molecule has 0 aliphatic heterocycles. The molecule has 4 N–H and O–H groups in total. The molecule has 0 aromatic heterocycles. The number of hydrogen-bond acceptors (Lipinski definition) is 6. The van der Waals surface area contributed by atoms with Crippen LogP contribution in [0.1, 0.15) is 158 Å². The van der Waals surface area contributed by atoms with Gasteiger partial charge in [-0.15, -0.1) is 0 Å². The van der Waals surface area contributed by atoms with E-state index in [2.05, 4.69) is 26.0 Å². The fourth-order valence-corrected chi connectivity index (χ4v) is 13.1. The van der Waals surface area contributed by atoms with Gasteiger partial charge in [-0.25, -0.2) is 0 Å². The second-order valence-corrected chi connectivity index (χ2v) is 18.5. The van der Waals surface area contributed by atoms with E-state index in [1.165, 1.54) is 86.5 Å². The third-order valence-electron chi connectivity index (χ3n) is 15.8. The highest BCUT2D eigenvalue weighted by atomic mass is 16.5. The Morgan fingerprint density at radius 3 is 1.79 bits per heavy atom. The Labute approximate surface area is 316 Å². The number of carbonyl (C=O) groups is 2. The van der Waals surface area contributed by atoms with E-state index in [0.717, 1.165) is 63.7 Å². The predicted octanol–water partition coefficient (Wildman–Crippen LogP) is 9.83. The summed E-state index contributed by atoms with van der Waals surface area (Å²) in [5, 5.41) is 37.3. The van der Waals surface area contributed by atoms with Crippen LogP contribution in [0.2, 0.25) is 0 Å². The Morgan fingerprint density at radius 1 is 0.717 bits per heavy atom. The smallest absolute Gasteiger partial charge is 0.306 e. The number of carbonyl (C=O) groups excluding carboxylic acids is 1. The molecule has 5 saturated carbocycles. The average Bonchev–Trinajstić information content (AvgIpc) is 3.85. The third kappa shape index (κ3) is 7.62. The average molecular weight is 729 g/mol. The van der Waals surface area contributed by atoms with E-state index in [4.69, 9.17) is 14.6 Å². The molecule has 0 bridgehead atoms. The van der Waals surface area contributed by atoms with Crippen molar-refractivity contribution >= 4 is 11.9 Å². The Hall–Kier alpha value is -3.06. The first-order valence-corrected chi connectivity index (χ1v) is 21.1. The molecule has 0 unspecified atom stereocenters. The Morgan fingerprint density at radius 2 is 1.23 bits per heavy atom. The maximum absolute atomic E-state index is 12.6. The molecule has 0 spiro atoms. The first-order valence-electron chi connectivity index (χ1n) is 21.1. The normalized spacial score (nSPS) is 36.5. The molecule has 0 saturated heterocycles. The predicted molar refractivity (Wildman–Crippen MR) is 206 cm³/mol. The molecule has 53 heavy (non-hydrogen) atoms. The minimum atomic E-state index is -0.833. The van der Waals surface area contributed by atoms with Gasteiger partial charge in [0.15, 0.2) is 0 Å². The Balaban J connectivity index is 0.000000157. The molecular formula is C46H64O7. The van der Waals surface area contributed by atoms with Crippen molar-refractivity contribution in [2.75, 3.05) is 0 Å². The number of aromatic hydroxyl groups is 2. The van der Waals surface area contributed by atoms with Crippen molar-refractivity contribution in [1.29, 1.82) is 0 Å². The van der Waals surface area contributed by atoms with E-state index in [1.54, 1.807) is 0 Å². The number of esters is 1. The molecule has 0 amide bonds. The van der Waals surface area contributed by atoms with Crippen molar-refractivity contribution in [2.24, 2.45) is 40.4 Å². The molecule has 7 heteroatoms. The number of carboxylic acid groups (broad SMARTS) is 1. The number of aryl methyl sites for hydroxylation is 2. The fraction of sp³-hybridized carbons (Fsp3) is 0.696. The fourth-order valence-electron chi connectivity index (χ4n) is 13.1. The van der Waals surface area contributed by atoms with Gasteiger partial charge in [0.2, 0.25) is 0 Å². The lowest BCUT2D eigenvalue weighted by Crippen LogP contribution is -2.45. The second-order valence-electron chi connectivity index (χ2n) is 18.5. The summed E-state index contributed by atoms with van der Waals surface area (Å²) in [6.45, 7) is 5.81. The molecule has 0 radical (unpaired) electrons. The lowest BCUT2D eigenvalue weighted by molar-refractivity contribution is -0.158. The van der Waals surface area contributed by atoms with Crippen molar-refractivity contribution in [1.82, 2.24) is 0 Å². The van der Waals surface area contributed by atoms with Gasteiger partial charge in [-0.1, -0.05) is 51.7 Å². The van der Waals surface area contributed by atoms with E-state index in [-0.39, 0.29) is 29.0 Å². The summed E-state index contributed by atoms with van der Waals surface area (Å²) < 4.78 is 6.14. The van der Waals surface area contributed by atoms with Gasteiger partial charge >= 0.3 is 5.97 Å². The van der Waals surface area contributed by atoms with Crippen LogP contribution in [-0.2, 0) is 27.2 Å². The number of aliphatic carboxylic acids is 1. The van der Waals surface area contributed by atoms with Gasteiger partial charge in [0.25, 0.3) is 5.97 Å². The molecule has 5 fully saturated rings. The summed E-state index contributed by atoms with van der Waals surface area (Å²) in [5.74, 6) is 4.84. The largest absolute Gasteiger partial charge is 0.508 e. The number of hydrogen-bond donors (Lipinski definition) is 4. The van der Waals surface area contributed by atoms with Gasteiger partial charge in [-0.05, 0) is 177 Å². The zero-order valence-electron chi connectivity index (χ0n) is 32.4. The minimum absolute atomic E-state index is 0.0513. The van der Waals surface area contributed by atoms with Crippen molar-refractivity contribution < 1.29 is 34.8 Å². The van der Waals surface area contributed by atoms with Gasteiger partial charge in [0, 0.05) is 18.8 Å². The standard InChI is InChI=1S/C26H36O3.C18H24O2.C2H4O2/c1-26-15-14-21-20-10-8-19(27)16-18(20)7-9-22(21)23(26)11-12-24(26)29-25(28)13-6-17-4-2-3-5-17;1-18-9-8-14-13-5-3-12(19)10-11(13)2-4-15(14)16(18)6-7-17(18)20;1-2(3)4/h8,10,16-17,21-24,27H,2-7,9,11-15H2,1H3;3,5,10,14-17,19-20H,2,4,6-9H2,1H3;1H3,(H,3,4)/t21-,22-,23+,24+,26+;14-,15-,16+,17+,18+;/m11./s1. The van der Waals surface area contributed by atoms with Crippen LogP contribution in [0.25, 0.3) is 0 Å². The summed E-state index contributed by atoms with van der Waals surface area (Å²) in [6, 6.07) is 12.0. The topological polar surface area (TPSA) is 124 Å². The Bertz CT molecular complexity index is 1630. The lowest BCUT2D eigenvalue weighted by atomic mass is 9.55. The van der Waals surface area contributed by atoms with Gasteiger partial charge < -0.3 is 25.2 Å². The number of rotatable bonds is 4. The first-order chi connectivity index (χ1) is 25.4. The highest BCUT2D eigenvalue weighted by Gasteiger charge is 2.57. The van der Waals surface area contributed by atoms with Gasteiger partial charge in [-0.3, -0.25) is 9.59 Å². The number of phenols is 2. The molecule has 9 rings (SSSR count). The molecule has 10 atom stereocenters. The minimum Gasteiger partial charge on any atom is -0.508 e. The summed E-state index contributed by atoms with van der Waals surface area (Å²) in [6.07, 6.45) is 20.7. The zero-order valence-corrected chi connectivity index (χ0v) is 32.4. The number of carboxylic acids is 1. The van der Waals surface area contributed by atoms with E-state index < -0.39 is 5.97 Å². The number of aliphatic hydroxyl groups is 1. The third-order valence-corrected chi connectivity index (χ3v) is 15.8. The van der Waals surface area contributed by atoms with Crippen molar-refractivity contribution in [3.05, 3.63) is 58.7 Å². The molecule has 2 aromatic carbocycles. The van der Waals surface area contributed by atoms with Crippen molar-refractivity contribution in [3.63, 3.8) is 0 Å². The van der Waals surface area contributed by atoms with Crippen LogP contribution in [0.15, 0.2) is 36.4 Å². The molecule has 290 valence electrons. The summed E-state index contributed by atoms with van der Waals surface area (Å²) in [4.78, 5) is 21.6. The molecular weight excluding hydrogens is 664 g/mol. The van der Waals surface area contributed by atoms with E-state index in [1.807, 2.05) is 24.3 Å². The molecule has 7 aliphatic carbocycles. The first kappa shape index (κ1) is 38.2. The number of fused-ring (bicyclic) bond motifs is 10. The van der Waals surface area contributed by atoms with Crippen LogP contribution >= 0.6 is 0 Å². The number of phenolic OH excluding ortho intramolecular Hbond substituents is 2. The summed E-state index contributed by atoms with van der Waals surface area (Å²) in [7, 11) is 0. The van der Waals surface area contributed by atoms with Crippen LogP contribution in [0.4, 0.5) is 0 Å². The summed E-state index contributed by atoms with van der Waals surface area (Å²) >= 11 is 0. The SMILES string of the molecule is CC(=O)O.C[C@]12CC[C@@H]3c4ccc(O)cc4CC[C@H]3[C@@H]1CC[C@@H]2O.C[C@]12CC[C@@H]3c4ccc(O)cc4CC[C@H]3[C@@H]1CC[C@@H]2OC(=O)CCC1CCCC1. The second kappa shape index (κ2) is 15.6. The maximum atomic E-state index is 12.6. The zero-order chi connectivity index (χ0) is 37.5. The van der Waals surface area contributed by atoms with Gasteiger partial charge in [-0.2, -0.15) is 0 Å². The monoisotopic (exact) mass is 728 g/mol. The Kier molecular flexibility index (Phi) is 11.2. The molecule has 0 heterocycles. The van der Waals surface area contributed by atoms with Crippen molar-refractivity contribution in [2.45, 2.75) is 160 Å². The van der Waals surface area contributed by atoms with E-state index in [9.17, 15) is 20.1 Å². The molecule has 7 nitrogen and oxygen atoms in total. The van der Waals surface area contributed by atoms with E-state index in [0.29, 0.717) is 47.5 Å². The van der Waals surface area contributed by atoms with Crippen LogP contribution in [-0.4, -0.2) is 44.6 Å². The highest BCUT2D eigenvalue weighted by Crippen LogP contribution is 2.62. The molecule has 2 aromatic rings.